The lowest BCUT2D eigenvalue weighted by atomic mass is 9.73. The minimum absolute atomic E-state index is 0.254. The molecule has 0 radical (unpaired) electrons. The van der Waals surface area contributed by atoms with Gasteiger partial charge < -0.3 is 15.2 Å². The zero-order valence-electron chi connectivity index (χ0n) is 15.0. The van der Waals surface area contributed by atoms with Gasteiger partial charge in [-0.2, -0.15) is 0 Å². The van der Waals surface area contributed by atoms with E-state index >= 15 is 0 Å². The molecule has 3 nitrogen and oxygen atoms in total. The molecule has 4 heteroatoms. The quantitative estimate of drug-likeness (QED) is 0.739. The molecule has 2 aromatic rings. The van der Waals surface area contributed by atoms with Crippen LogP contribution >= 0.6 is 11.3 Å². The summed E-state index contributed by atoms with van der Waals surface area (Å²) in [5.41, 5.74) is 1.46. The van der Waals surface area contributed by atoms with Crippen LogP contribution in [0.4, 0.5) is 0 Å². The molecule has 1 aromatic heterocycles. The van der Waals surface area contributed by atoms with Crippen molar-refractivity contribution in [1.82, 2.24) is 5.32 Å². The van der Waals surface area contributed by atoms with E-state index in [1.54, 1.807) is 0 Å². The fourth-order valence-corrected chi connectivity index (χ4v) is 4.67. The van der Waals surface area contributed by atoms with Gasteiger partial charge in [0.1, 0.15) is 18.5 Å². The van der Waals surface area contributed by atoms with Gasteiger partial charge in [0.2, 0.25) is 0 Å². The molecular formula is C21H29NO2S. The second-order valence-electron chi connectivity index (χ2n) is 7.23. The first-order chi connectivity index (χ1) is 12.2. The van der Waals surface area contributed by atoms with Crippen LogP contribution in [0.25, 0.3) is 0 Å². The summed E-state index contributed by atoms with van der Waals surface area (Å²) in [6.07, 6.45) is 5.95. The van der Waals surface area contributed by atoms with E-state index in [0.29, 0.717) is 13.2 Å². The van der Waals surface area contributed by atoms with Crippen LogP contribution in [0.15, 0.2) is 41.8 Å². The van der Waals surface area contributed by atoms with Gasteiger partial charge in [-0.3, -0.25) is 0 Å². The molecule has 136 valence electrons. The van der Waals surface area contributed by atoms with Gasteiger partial charge in [-0.15, -0.1) is 11.3 Å². The maximum Gasteiger partial charge on any atom is 0.119 e. The van der Waals surface area contributed by atoms with Crippen LogP contribution in [-0.2, 0) is 5.41 Å². The van der Waals surface area contributed by atoms with E-state index in [4.69, 9.17) is 4.74 Å². The molecule has 1 fully saturated rings. The summed E-state index contributed by atoms with van der Waals surface area (Å²) in [6, 6.07) is 12.4. The van der Waals surface area contributed by atoms with Crippen LogP contribution in [0.1, 0.15) is 42.5 Å². The number of hydrogen-bond acceptors (Lipinski definition) is 4. The Morgan fingerprint density at radius 3 is 2.60 bits per heavy atom. The molecule has 1 atom stereocenters. The number of hydrogen-bond donors (Lipinski definition) is 2. The summed E-state index contributed by atoms with van der Waals surface area (Å²) in [5.74, 6) is 0.812. The topological polar surface area (TPSA) is 41.5 Å². The summed E-state index contributed by atoms with van der Waals surface area (Å²) in [6.45, 7) is 3.88. The summed E-state index contributed by atoms with van der Waals surface area (Å²) >= 11 is 1.87. The van der Waals surface area contributed by atoms with E-state index in [1.807, 2.05) is 35.6 Å². The first-order valence-electron chi connectivity index (χ1n) is 9.30. The maximum absolute atomic E-state index is 10.2. The van der Waals surface area contributed by atoms with Crippen molar-refractivity contribution in [2.75, 3.05) is 19.7 Å². The van der Waals surface area contributed by atoms with E-state index in [2.05, 4.69) is 29.8 Å². The summed E-state index contributed by atoms with van der Waals surface area (Å²) < 4.78 is 5.67. The van der Waals surface area contributed by atoms with Gasteiger partial charge >= 0.3 is 0 Å². The number of aliphatic hydroxyl groups is 1. The van der Waals surface area contributed by atoms with Crippen LogP contribution in [0.2, 0.25) is 0 Å². The number of aliphatic hydroxyl groups excluding tert-OH is 1. The predicted octanol–water partition coefficient (Wildman–Crippen LogP) is 4.29. The van der Waals surface area contributed by atoms with E-state index in [0.717, 1.165) is 12.3 Å². The standard InChI is InChI=1S/C21H29NO2S/c1-17-7-9-19(10-8-17)24-15-18(23)14-22-16-21(11-3-2-4-12-21)20-6-5-13-25-20/h5-10,13,18,22-23H,2-4,11-12,14-16H2,1H3. The number of nitrogens with one attached hydrogen (secondary N) is 1. The molecule has 0 spiro atoms. The lowest BCUT2D eigenvalue weighted by molar-refractivity contribution is 0.103. The predicted molar refractivity (Wildman–Crippen MR) is 105 cm³/mol. The number of ether oxygens (including phenoxy) is 1. The van der Waals surface area contributed by atoms with Crippen LogP contribution in [-0.4, -0.2) is 30.9 Å². The highest BCUT2D eigenvalue weighted by Gasteiger charge is 2.34. The number of aryl methyl sites for hydroxylation is 1. The summed E-state index contributed by atoms with van der Waals surface area (Å²) in [7, 11) is 0. The van der Waals surface area contributed by atoms with Crippen molar-refractivity contribution in [3.63, 3.8) is 0 Å². The second-order valence-corrected chi connectivity index (χ2v) is 8.17. The molecular weight excluding hydrogens is 330 g/mol. The van der Waals surface area contributed by atoms with Crippen LogP contribution in [0.3, 0.4) is 0 Å². The van der Waals surface area contributed by atoms with Crippen molar-refractivity contribution in [3.05, 3.63) is 52.2 Å². The molecule has 1 unspecified atom stereocenters. The van der Waals surface area contributed by atoms with Crippen LogP contribution < -0.4 is 10.1 Å². The highest BCUT2D eigenvalue weighted by Crippen LogP contribution is 2.41. The van der Waals surface area contributed by atoms with Crippen molar-refractivity contribution >= 4 is 11.3 Å². The molecule has 25 heavy (non-hydrogen) atoms. The van der Waals surface area contributed by atoms with E-state index < -0.39 is 6.10 Å². The molecule has 1 aromatic carbocycles. The molecule has 1 aliphatic carbocycles. The second kappa shape index (κ2) is 8.84. The van der Waals surface area contributed by atoms with E-state index in [1.165, 1.54) is 42.5 Å². The molecule has 0 aliphatic heterocycles. The Morgan fingerprint density at radius 2 is 1.92 bits per heavy atom. The van der Waals surface area contributed by atoms with Gasteiger partial charge in [-0.1, -0.05) is 43.0 Å². The normalized spacial score (nSPS) is 18.0. The molecule has 3 rings (SSSR count). The third-order valence-electron chi connectivity index (χ3n) is 5.16. The molecule has 0 bridgehead atoms. The van der Waals surface area contributed by atoms with Gasteiger partial charge in [0, 0.05) is 23.4 Å². The van der Waals surface area contributed by atoms with Gasteiger partial charge in [-0.05, 0) is 43.3 Å². The first-order valence-corrected chi connectivity index (χ1v) is 10.2. The van der Waals surface area contributed by atoms with Crippen molar-refractivity contribution in [1.29, 1.82) is 0 Å². The maximum atomic E-state index is 10.2. The Hall–Kier alpha value is -1.36. The Labute approximate surface area is 155 Å². The fraction of sp³-hybridized carbons (Fsp3) is 0.524. The Kier molecular flexibility index (Phi) is 6.51. The minimum Gasteiger partial charge on any atom is -0.491 e. The van der Waals surface area contributed by atoms with Gasteiger partial charge in [0.25, 0.3) is 0 Å². The smallest absolute Gasteiger partial charge is 0.119 e. The number of thiophene rings is 1. The number of rotatable bonds is 8. The zero-order chi connectivity index (χ0) is 17.5. The SMILES string of the molecule is Cc1ccc(OCC(O)CNCC2(c3cccs3)CCCCC2)cc1. The van der Waals surface area contributed by atoms with Gasteiger partial charge in [0.15, 0.2) is 0 Å². The number of benzene rings is 1. The lowest BCUT2D eigenvalue weighted by Crippen LogP contribution is -2.42. The Bertz CT molecular complexity index is 618. The van der Waals surface area contributed by atoms with E-state index in [-0.39, 0.29) is 5.41 Å². The highest BCUT2D eigenvalue weighted by atomic mass is 32.1. The van der Waals surface area contributed by atoms with Crippen molar-refractivity contribution in [3.8, 4) is 5.75 Å². The first kappa shape index (κ1) is 18.4. The van der Waals surface area contributed by atoms with Crippen LogP contribution in [0, 0.1) is 6.92 Å². The Balaban J connectivity index is 1.46. The molecule has 1 saturated carbocycles. The van der Waals surface area contributed by atoms with E-state index in [9.17, 15) is 5.11 Å². The highest BCUT2D eigenvalue weighted by molar-refractivity contribution is 7.10. The fourth-order valence-electron chi connectivity index (χ4n) is 3.68. The van der Waals surface area contributed by atoms with Gasteiger partial charge in [-0.25, -0.2) is 0 Å². The zero-order valence-corrected chi connectivity index (χ0v) is 15.9. The molecule has 0 amide bonds. The lowest BCUT2D eigenvalue weighted by Gasteiger charge is -2.37. The third kappa shape index (κ3) is 5.06. The molecule has 1 heterocycles. The molecule has 0 saturated heterocycles. The molecule has 1 aliphatic rings. The Morgan fingerprint density at radius 1 is 1.16 bits per heavy atom. The average Bonchev–Trinajstić information content (AvgIpc) is 3.17. The van der Waals surface area contributed by atoms with Gasteiger partial charge in [0.05, 0.1) is 0 Å². The van der Waals surface area contributed by atoms with Crippen molar-refractivity contribution in [2.24, 2.45) is 0 Å². The minimum atomic E-state index is -0.495. The van der Waals surface area contributed by atoms with Crippen molar-refractivity contribution in [2.45, 2.75) is 50.5 Å². The largest absolute Gasteiger partial charge is 0.491 e. The molecule has 2 N–H and O–H groups in total. The third-order valence-corrected chi connectivity index (χ3v) is 6.28. The average molecular weight is 360 g/mol. The monoisotopic (exact) mass is 359 g/mol. The van der Waals surface area contributed by atoms with Crippen LogP contribution in [0.5, 0.6) is 5.75 Å². The van der Waals surface area contributed by atoms with Crippen molar-refractivity contribution < 1.29 is 9.84 Å². The summed E-state index contributed by atoms with van der Waals surface area (Å²) in [4.78, 5) is 1.49. The summed E-state index contributed by atoms with van der Waals surface area (Å²) in [5, 5.41) is 15.9.